The lowest BCUT2D eigenvalue weighted by Crippen LogP contribution is -2.10. The Morgan fingerprint density at radius 2 is 1.77 bits per heavy atom. The molecule has 10 heteroatoms. The maximum absolute atomic E-state index is 12.9. The summed E-state index contributed by atoms with van der Waals surface area (Å²) in [5, 5.41) is 23.8. The Morgan fingerprint density at radius 3 is 2.34 bits per heavy atom. The van der Waals surface area contributed by atoms with Crippen LogP contribution in [0.15, 0.2) is 42.5 Å². The van der Waals surface area contributed by atoms with Gasteiger partial charge in [0.15, 0.2) is 5.78 Å². The zero-order valence-electron chi connectivity index (χ0n) is 19.1. The van der Waals surface area contributed by atoms with E-state index < -0.39 is 23.5 Å². The van der Waals surface area contributed by atoms with Crippen molar-refractivity contribution in [3.05, 3.63) is 69.9 Å². The molecule has 0 unspecified atom stereocenters. The molecule has 1 heterocycles. The number of aromatic hydroxyl groups is 1. The summed E-state index contributed by atoms with van der Waals surface area (Å²) in [4.78, 5) is 23.5. The van der Waals surface area contributed by atoms with E-state index in [0.717, 1.165) is 6.07 Å². The maximum atomic E-state index is 12.9. The number of carboxylic acids is 1. The Hall–Kier alpha value is -3.33. The molecule has 3 aromatic rings. The highest BCUT2D eigenvalue weighted by Crippen LogP contribution is 2.36. The second-order valence-electron chi connectivity index (χ2n) is 8.41. The molecule has 0 radical (unpaired) electrons. The van der Waals surface area contributed by atoms with Crippen LogP contribution in [0.2, 0.25) is 5.02 Å². The molecule has 0 aliphatic heterocycles. The summed E-state index contributed by atoms with van der Waals surface area (Å²) in [6.07, 6.45) is -3.94. The zero-order chi connectivity index (χ0) is 25.9. The number of nitrogens with zero attached hydrogens (tertiary/aromatic N) is 2. The number of benzene rings is 2. The van der Waals surface area contributed by atoms with Crippen molar-refractivity contribution in [1.82, 2.24) is 9.78 Å². The lowest BCUT2D eigenvalue weighted by atomic mass is 10.0. The number of hydrogen-bond donors (Lipinski definition) is 2. The molecule has 0 atom stereocenters. The van der Waals surface area contributed by atoms with E-state index >= 15 is 0 Å². The zero-order valence-corrected chi connectivity index (χ0v) is 19.8. The predicted octanol–water partition coefficient (Wildman–Crippen LogP) is 6.34. The Labute approximate surface area is 205 Å². The first kappa shape index (κ1) is 26.3. The summed E-state index contributed by atoms with van der Waals surface area (Å²) >= 11 is 6.21. The van der Waals surface area contributed by atoms with Gasteiger partial charge in [-0.15, -0.1) is 0 Å². The quantitative estimate of drug-likeness (QED) is 0.329. The third-order valence-electron chi connectivity index (χ3n) is 5.49. The van der Waals surface area contributed by atoms with Crippen molar-refractivity contribution >= 4 is 23.4 Å². The van der Waals surface area contributed by atoms with Crippen LogP contribution in [0.25, 0.3) is 11.3 Å². The van der Waals surface area contributed by atoms with Gasteiger partial charge >= 0.3 is 12.1 Å². The smallest absolute Gasteiger partial charge is 0.416 e. The number of Topliss-reactive ketones (excluding diaryl/α,β-unsaturated/α-hetero) is 1. The molecule has 6 nitrogen and oxygen atoms in total. The van der Waals surface area contributed by atoms with E-state index in [1.165, 1.54) is 12.1 Å². The van der Waals surface area contributed by atoms with Crippen molar-refractivity contribution < 1.29 is 33.0 Å². The minimum absolute atomic E-state index is 0.0664. The molecule has 3 rings (SSSR count). The number of carbonyl (C=O) groups is 2. The van der Waals surface area contributed by atoms with E-state index in [9.17, 15) is 27.9 Å². The van der Waals surface area contributed by atoms with Gasteiger partial charge in [-0.2, -0.15) is 18.3 Å². The first-order valence-corrected chi connectivity index (χ1v) is 11.3. The Balaban J connectivity index is 1.78. The van der Waals surface area contributed by atoms with E-state index in [2.05, 4.69) is 5.10 Å². The molecule has 0 amide bonds. The lowest BCUT2D eigenvalue weighted by molar-refractivity contribution is -0.138. The van der Waals surface area contributed by atoms with Gasteiger partial charge in [-0.25, -0.2) is 0 Å². The van der Waals surface area contributed by atoms with Crippen molar-refractivity contribution in [2.75, 3.05) is 0 Å². The number of ketones is 1. The number of carbonyl (C=O) groups excluding carboxylic acids is 1. The summed E-state index contributed by atoms with van der Waals surface area (Å²) in [6.45, 7) is 3.76. The fraction of sp³-hybridized carbons (Fsp3) is 0.320. The SMILES string of the molecule is CC(C)n1nc(-c2ccc(C(F)(F)F)cc2O)cc1CCC(=O)c1ccc(CCC(=O)O)c(Cl)c1. The van der Waals surface area contributed by atoms with Crippen LogP contribution in [0.4, 0.5) is 13.2 Å². The number of aromatic nitrogens is 2. The normalized spacial score (nSPS) is 11.7. The standard InChI is InChI=1S/C25H24ClF3N2O4/c1-14(2)31-18(13-21(30-31)19-8-6-17(12-23(19)33)25(27,28)29)7-9-22(32)16-4-3-15(20(26)11-16)5-10-24(34)35/h3-4,6,8,11-14,33H,5,7,9-10H2,1-2H3,(H,34,35). The molecule has 0 fully saturated rings. The molecule has 2 aromatic carbocycles. The molecule has 186 valence electrons. The van der Waals surface area contributed by atoms with Gasteiger partial charge in [-0.05, 0) is 62.6 Å². The van der Waals surface area contributed by atoms with E-state index in [-0.39, 0.29) is 36.7 Å². The fourth-order valence-corrected chi connectivity index (χ4v) is 3.95. The Kier molecular flexibility index (Phi) is 7.90. The van der Waals surface area contributed by atoms with Crippen LogP contribution in [-0.2, 0) is 23.8 Å². The van der Waals surface area contributed by atoms with Crippen LogP contribution < -0.4 is 0 Å². The molecule has 0 aliphatic carbocycles. The van der Waals surface area contributed by atoms with Crippen molar-refractivity contribution in [2.24, 2.45) is 0 Å². The number of aryl methyl sites for hydroxylation is 2. The molecular formula is C25H24ClF3N2O4. The van der Waals surface area contributed by atoms with Gasteiger partial charge in [0, 0.05) is 40.7 Å². The number of rotatable bonds is 9. The summed E-state index contributed by atoms with van der Waals surface area (Å²) < 4.78 is 40.4. The second-order valence-corrected chi connectivity index (χ2v) is 8.82. The van der Waals surface area contributed by atoms with Crippen molar-refractivity contribution in [3.8, 4) is 17.0 Å². The van der Waals surface area contributed by atoms with Crippen LogP contribution in [0.1, 0.15) is 59.9 Å². The number of phenols is 1. The summed E-state index contributed by atoms with van der Waals surface area (Å²) in [5.41, 5.74) is 1.23. The monoisotopic (exact) mass is 508 g/mol. The largest absolute Gasteiger partial charge is 0.507 e. The van der Waals surface area contributed by atoms with Gasteiger partial charge in [0.1, 0.15) is 5.75 Å². The minimum atomic E-state index is -4.57. The van der Waals surface area contributed by atoms with Gasteiger partial charge in [0.05, 0.1) is 11.3 Å². The average Bonchev–Trinajstić information content (AvgIpc) is 3.20. The predicted molar refractivity (Wildman–Crippen MR) is 125 cm³/mol. The fourth-order valence-electron chi connectivity index (χ4n) is 3.67. The van der Waals surface area contributed by atoms with Crippen LogP contribution in [0.5, 0.6) is 5.75 Å². The molecule has 0 saturated heterocycles. The second kappa shape index (κ2) is 10.5. The lowest BCUT2D eigenvalue weighted by Gasteiger charge is -2.11. The molecule has 0 spiro atoms. The Bertz CT molecular complexity index is 1250. The van der Waals surface area contributed by atoms with Crippen LogP contribution in [0.3, 0.4) is 0 Å². The third kappa shape index (κ3) is 6.42. The third-order valence-corrected chi connectivity index (χ3v) is 5.85. The van der Waals surface area contributed by atoms with Crippen LogP contribution in [0, 0.1) is 0 Å². The van der Waals surface area contributed by atoms with Crippen molar-refractivity contribution in [1.29, 1.82) is 0 Å². The van der Waals surface area contributed by atoms with E-state index in [0.29, 0.717) is 40.0 Å². The highest BCUT2D eigenvalue weighted by molar-refractivity contribution is 6.31. The number of halogens is 4. The number of phenolic OH excluding ortho intramolecular Hbond substituents is 1. The van der Waals surface area contributed by atoms with Gasteiger partial charge in [0.2, 0.25) is 0 Å². The number of carboxylic acid groups (broad SMARTS) is 1. The number of alkyl halides is 3. The van der Waals surface area contributed by atoms with Crippen LogP contribution >= 0.6 is 11.6 Å². The summed E-state index contributed by atoms with van der Waals surface area (Å²) in [6, 6.07) is 9.05. The van der Waals surface area contributed by atoms with Gasteiger partial charge in [-0.1, -0.05) is 23.7 Å². The molecule has 35 heavy (non-hydrogen) atoms. The van der Waals surface area contributed by atoms with Crippen LogP contribution in [-0.4, -0.2) is 31.7 Å². The van der Waals surface area contributed by atoms with E-state index in [1.54, 1.807) is 22.9 Å². The Morgan fingerprint density at radius 1 is 1.06 bits per heavy atom. The molecular weight excluding hydrogens is 485 g/mol. The molecule has 2 N–H and O–H groups in total. The molecule has 1 aromatic heterocycles. The maximum Gasteiger partial charge on any atom is 0.416 e. The summed E-state index contributed by atoms with van der Waals surface area (Å²) in [5.74, 6) is -1.65. The van der Waals surface area contributed by atoms with Gasteiger partial charge in [-0.3, -0.25) is 14.3 Å². The highest BCUT2D eigenvalue weighted by Gasteiger charge is 2.31. The number of hydrogen-bond acceptors (Lipinski definition) is 4. The average molecular weight is 509 g/mol. The first-order valence-electron chi connectivity index (χ1n) is 10.9. The molecule has 0 aliphatic rings. The van der Waals surface area contributed by atoms with Crippen molar-refractivity contribution in [3.63, 3.8) is 0 Å². The summed E-state index contributed by atoms with van der Waals surface area (Å²) in [7, 11) is 0. The number of aliphatic carboxylic acids is 1. The molecule has 0 bridgehead atoms. The van der Waals surface area contributed by atoms with E-state index in [4.69, 9.17) is 16.7 Å². The highest BCUT2D eigenvalue weighted by atomic mass is 35.5. The molecule has 0 saturated carbocycles. The minimum Gasteiger partial charge on any atom is -0.507 e. The first-order chi connectivity index (χ1) is 16.4. The van der Waals surface area contributed by atoms with Crippen molar-refractivity contribution in [2.45, 2.75) is 51.7 Å². The topological polar surface area (TPSA) is 92.4 Å². The van der Waals surface area contributed by atoms with Gasteiger partial charge in [0.25, 0.3) is 0 Å². The van der Waals surface area contributed by atoms with E-state index in [1.807, 2.05) is 13.8 Å². The van der Waals surface area contributed by atoms with Gasteiger partial charge < -0.3 is 10.2 Å².